The van der Waals surface area contributed by atoms with Gasteiger partial charge in [-0.1, -0.05) is 85.5 Å². The molecule has 4 heteroatoms. The van der Waals surface area contributed by atoms with Gasteiger partial charge in [0.15, 0.2) is 0 Å². The molecular weight excluding hydrogens is 404 g/mol. The standard InChI is InChI=1S/C29H60N4/c1-6-10-15-26(8-3)21-32-23-29(5,31-20-19-30-28-17-13-12-14-18-28)24-33(25-32)22-27(9-4)16-11-7-2/h26-28,30-31H,6-25H2,1-5H3. The zero-order chi connectivity index (χ0) is 23.9. The van der Waals surface area contributed by atoms with Gasteiger partial charge in [0.25, 0.3) is 0 Å². The summed E-state index contributed by atoms with van der Waals surface area (Å²) in [5.41, 5.74) is 0.193. The summed E-state index contributed by atoms with van der Waals surface area (Å²) in [5, 5.41) is 7.86. The van der Waals surface area contributed by atoms with Gasteiger partial charge in [-0.15, -0.1) is 0 Å². The van der Waals surface area contributed by atoms with Gasteiger partial charge in [-0.2, -0.15) is 0 Å². The van der Waals surface area contributed by atoms with Crippen molar-refractivity contribution >= 4 is 0 Å². The molecule has 1 aliphatic carbocycles. The normalized spacial score (nSPS) is 25.4. The van der Waals surface area contributed by atoms with Crippen LogP contribution in [0, 0.1) is 11.8 Å². The fourth-order valence-corrected chi connectivity index (χ4v) is 6.29. The number of rotatable bonds is 17. The van der Waals surface area contributed by atoms with Crippen molar-refractivity contribution in [2.24, 2.45) is 11.8 Å². The molecule has 0 bridgehead atoms. The van der Waals surface area contributed by atoms with Crippen LogP contribution in [-0.2, 0) is 0 Å². The molecule has 2 atom stereocenters. The van der Waals surface area contributed by atoms with Gasteiger partial charge in [-0.3, -0.25) is 9.80 Å². The minimum absolute atomic E-state index is 0.193. The average Bonchev–Trinajstić information content (AvgIpc) is 2.82. The Bertz CT molecular complexity index is 450. The van der Waals surface area contributed by atoms with Gasteiger partial charge in [0, 0.05) is 50.8 Å². The van der Waals surface area contributed by atoms with Gasteiger partial charge in [-0.05, 0) is 44.4 Å². The SMILES string of the molecule is CCCCC(CC)CN1CN(CC(CC)CCCC)CC(C)(NCCNC2CCCCC2)C1. The van der Waals surface area contributed by atoms with Crippen molar-refractivity contribution in [3.8, 4) is 0 Å². The minimum atomic E-state index is 0.193. The summed E-state index contributed by atoms with van der Waals surface area (Å²) in [5.74, 6) is 1.70. The first-order valence-electron chi connectivity index (χ1n) is 14.9. The topological polar surface area (TPSA) is 30.5 Å². The molecule has 1 aliphatic heterocycles. The van der Waals surface area contributed by atoms with E-state index in [4.69, 9.17) is 0 Å². The van der Waals surface area contributed by atoms with Crippen LogP contribution < -0.4 is 10.6 Å². The molecule has 2 N–H and O–H groups in total. The first-order valence-corrected chi connectivity index (χ1v) is 14.9. The first kappa shape index (κ1) is 29.1. The molecule has 0 aromatic heterocycles. The van der Waals surface area contributed by atoms with E-state index in [9.17, 15) is 0 Å². The summed E-state index contributed by atoms with van der Waals surface area (Å²) in [4.78, 5) is 5.59. The molecule has 2 fully saturated rings. The summed E-state index contributed by atoms with van der Waals surface area (Å²) in [6.07, 6.45) is 17.9. The van der Waals surface area contributed by atoms with E-state index in [0.29, 0.717) is 0 Å². The number of hydrogen-bond donors (Lipinski definition) is 2. The predicted octanol–water partition coefficient (Wildman–Crippen LogP) is 6.26. The smallest absolute Gasteiger partial charge is 0.0507 e. The molecule has 0 amide bonds. The molecule has 2 rings (SSSR count). The van der Waals surface area contributed by atoms with Gasteiger partial charge in [0.05, 0.1) is 6.67 Å². The molecule has 1 heterocycles. The van der Waals surface area contributed by atoms with Gasteiger partial charge in [-0.25, -0.2) is 0 Å². The van der Waals surface area contributed by atoms with Crippen LogP contribution in [0.4, 0.5) is 0 Å². The van der Waals surface area contributed by atoms with E-state index in [-0.39, 0.29) is 5.54 Å². The van der Waals surface area contributed by atoms with E-state index < -0.39 is 0 Å². The van der Waals surface area contributed by atoms with Crippen molar-refractivity contribution in [3.05, 3.63) is 0 Å². The fourth-order valence-electron chi connectivity index (χ4n) is 6.29. The third kappa shape index (κ3) is 11.4. The number of nitrogens with zero attached hydrogens (tertiary/aromatic N) is 2. The Hall–Kier alpha value is -0.160. The van der Waals surface area contributed by atoms with Gasteiger partial charge in [0.2, 0.25) is 0 Å². The summed E-state index contributed by atoms with van der Waals surface area (Å²) < 4.78 is 0. The third-order valence-corrected chi connectivity index (χ3v) is 8.38. The summed E-state index contributed by atoms with van der Waals surface area (Å²) in [6.45, 7) is 20.3. The number of unbranched alkanes of at least 4 members (excludes halogenated alkanes) is 2. The van der Waals surface area contributed by atoms with E-state index in [1.807, 2.05) is 0 Å². The van der Waals surface area contributed by atoms with Crippen molar-refractivity contribution in [1.29, 1.82) is 0 Å². The number of hydrogen-bond acceptors (Lipinski definition) is 4. The molecule has 33 heavy (non-hydrogen) atoms. The van der Waals surface area contributed by atoms with E-state index in [1.165, 1.54) is 116 Å². The van der Waals surface area contributed by atoms with Crippen molar-refractivity contribution in [2.75, 3.05) is 45.9 Å². The van der Waals surface area contributed by atoms with E-state index in [2.05, 4.69) is 55.1 Å². The maximum Gasteiger partial charge on any atom is 0.0507 e. The maximum absolute atomic E-state index is 4.02. The second-order valence-electron chi connectivity index (χ2n) is 11.8. The summed E-state index contributed by atoms with van der Waals surface area (Å²) in [7, 11) is 0. The lowest BCUT2D eigenvalue weighted by atomic mass is 9.93. The van der Waals surface area contributed by atoms with Crippen LogP contribution in [-0.4, -0.2) is 67.3 Å². The predicted molar refractivity (Wildman–Crippen MR) is 146 cm³/mol. The van der Waals surface area contributed by atoms with Crippen LogP contribution in [0.25, 0.3) is 0 Å². The van der Waals surface area contributed by atoms with Crippen LogP contribution in [0.5, 0.6) is 0 Å². The highest BCUT2D eigenvalue weighted by Crippen LogP contribution is 2.24. The highest BCUT2D eigenvalue weighted by molar-refractivity contribution is 4.94. The van der Waals surface area contributed by atoms with Crippen LogP contribution in [0.15, 0.2) is 0 Å². The molecular formula is C29H60N4. The minimum Gasteiger partial charge on any atom is -0.313 e. The van der Waals surface area contributed by atoms with Crippen molar-refractivity contribution < 1.29 is 0 Å². The molecule has 1 saturated heterocycles. The molecule has 2 aliphatic rings. The Morgan fingerprint density at radius 2 is 1.33 bits per heavy atom. The Morgan fingerprint density at radius 1 is 0.788 bits per heavy atom. The zero-order valence-corrected chi connectivity index (χ0v) is 23.3. The molecule has 196 valence electrons. The van der Waals surface area contributed by atoms with E-state index in [0.717, 1.165) is 31.0 Å². The largest absolute Gasteiger partial charge is 0.313 e. The Labute approximate surface area is 208 Å². The molecule has 0 aromatic rings. The lowest BCUT2D eigenvalue weighted by Crippen LogP contribution is -2.65. The molecule has 1 saturated carbocycles. The molecule has 0 aromatic carbocycles. The van der Waals surface area contributed by atoms with Crippen molar-refractivity contribution in [3.63, 3.8) is 0 Å². The number of nitrogens with one attached hydrogen (secondary N) is 2. The van der Waals surface area contributed by atoms with Crippen LogP contribution >= 0.6 is 0 Å². The van der Waals surface area contributed by atoms with Gasteiger partial charge in [0.1, 0.15) is 0 Å². The fraction of sp³-hybridized carbons (Fsp3) is 1.00. The van der Waals surface area contributed by atoms with Gasteiger partial charge >= 0.3 is 0 Å². The van der Waals surface area contributed by atoms with Crippen LogP contribution in [0.2, 0.25) is 0 Å². The van der Waals surface area contributed by atoms with E-state index in [1.54, 1.807) is 0 Å². The second-order valence-corrected chi connectivity index (χ2v) is 11.8. The average molecular weight is 465 g/mol. The zero-order valence-electron chi connectivity index (χ0n) is 23.3. The third-order valence-electron chi connectivity index (χ3n) is 8.38. The highest BCUT2D eigenvalue weighted by Gasteiger charge is 2.35. The summed E-state index contributed by atoms with van der Waals surface area (Å²) in [6, 6.07) is 0.764. The monoisotopic (exact) mass is 464 g/mol. The molecule has 0 radical (unpaired) electrons. The summed E-state index contributed by atoms with van der Waals surface area (Å²) >= 11 is 0. The van der Waals surface area contributed by atoms with Gasteiger partial charge < -0.3 is 10.6 Å². The lowest BCUT2D eigenvalue weighted by molar-refractivity contribution is 0.00512. The highest BCUT2D eigenvalue weighted by atomic mass is 15.4. The van der Waals surface area contributed by atoms with E-state index >= 15 is 0 Å². The molecule has 0 spiro atoms. The Balaban J connectivity index is 1.93. The molecule has 4 nitrogen and oxygen atoms in total. The quantitative estimate of drug-likeness (QED) is 0.249. The van der Waals surface area contributed by atoms with Crippen molar-refractivity contribution in [2.45, 2.75) is 130 Å². The Morgan fingerprint density at radius 3 is 1.82 bits per heavy atom. The van der Waals surface area contributed by atoms with Crippen LogP contribution in [0.3, 0.4) is 0 Å². The maximum atomic E-state index is 4.02. The second kappa shape index (κ2) is 16.5. The first-order chi connectivity index (χ1) is 16.0. The lowest BCUT2D eigenvalue weighted by Gasteiger charge is -2.48. The molecule has 2 unspecified atom stereocenters. The van der Waals surface area contributed by atoms with Crippen LogP contribution in [0.1, 0.15) is 118 Å². The Kier molecular flexibility index (Phi) is 14.5. The van der Waals surface area contributed by atoms with Crippen molar-refractivity contribution in [1.82, 2.24) is 20.4 Å².